The van der Waals surface area contributed by atoms with Crippen molar-refractivity contribution in [1.29, 1.82) is 5.26 Å². The van der Waals surface area contributed by atoms with Crippen LogP contribution in [0.25, 0.3) is 11.1 Å². The average Bonchev–Trinajstić information content (AvgIpc) is 3.93. The smallest absolute Gasteiger partial charge is 0.418 e. The van der Waals surface area contributed by atoms with Gasteiger partial charge < -0.3 is 34.4 Å². The van der Waals surface area contributed by atoms with E-state index in [4.69, 9.17) is 24.2 Å². The maximum Gasteiger partial charge on any atom is 0.418 e. The van der Waals surface area contributed by atoms with Crippen molar-refractivity contribution in [3.8, 4) is 23.1 Å². The van der Waals surface area contributed by atoms with E-state index in [0.717, 1.165) is 0 Å². The van der Waals surface area contributed by atoms with Crippen LogP contribution in [-0.2, 0) is 53.1 Å². The molecule has 3 aromatic heterocycles. The number of benzene rings is 1. The number of aromatic nitrogens is 4. The third-order valence-electron chi connectivity index (χ3n) is 9.41. The second-order valence-electron chi connectivity index (χ2n) is 16.7. The van der Waals surface area contributed by atoms with Crippen LogP contribution >= 0.6 is 23.3 Å². The van der Waals surface area contributed by atoms with Gasteiger partial charge in [-0.15, -0.1) is 11.8 Å². The fourth-order valence-corrected chi connectivity index (χ4v) is 8.39. The number of hydrogen-bond donors (Lipinski definition) is 4. The summed E-state index contributed by atoms with van der Waals surface area (Å²) in [5, 5.41) is 21.0. The standard InChI is InChI=1S/C43H46FN11O11S2/c1-42(2,3)65-40(60)50-39-49-33(52-68-39)30(51-64-22-44)34(56)48-31-35(57)55-32(37(58)63-20-24-8-10-29(62-7)11-9-24)27(21-67-36(31)55)18-53-14-12-25(13-15-53)26-16-28(17-46-38(59)47-23-45)54(19-26)41(61)66-43(4,5)6/h8-16,19,31,36H,17-18,20-22H2,1-7H3,(H3-,46,47,48,49,50,52,56,59,60)/p+1. The maximum atomic E-state index is 14.1. The van der Waals surface area contributed by atoms with Gasteiger partial charge in [-0.3, -0.25) is 24.4 Å². The molecule has 4 aromatic rings. The number of hydrogen-bond acceptors (Lipinski definition) is 17. The highest BCUT2D eigenvalue weighted by Crippen LogP contribution is 2.41. The van der Waals surface area contributed by atoms with E-state index in [1.165, 1.54) is 28.3 Å². The lowest BCUT2D eigenvalue weighted by molar-refractivity contribution is -0.689. The van der Waals surface area contributed by atoms with Crippen LogP contribution in [0.2, 0.25) is 0 Å². The molecule has 2 aliphatic rings. The number of esters is 1. The first-order chi connectivity index (χ1) is 32.3. The quantitative estimate of drug-likeness (QED) is 0.0187. The van der Waals surface area contributed by atoms with E-state index in [0.29, 0.717) is 45.2 Å². The second kappa shape index (κ2) is 21.4. The Kier molecular flexibility index (Phi) is 15.7. The lowest BCUT2D eigenvalue weighted by atomic mass is 10.0. The predicted molar refractivity (Wildman–Crippen MR) is 241 cm³/mol. The minimum absolute atomic E-state index is 0.0185. The van der Waals surface area contributed by atoms with E-state index in [2.05, 4.69) is 35.3 Å². The molecule has 0 radical (unpaired) electrons. The zero-order chi connectivity index (χ0) is 49.3. The maximum absolute atomic E-state index is 14.1. The van der Waals surface area contributed by atoms with E-state index in [9.17, 15) is 33.2 Å². The van der Waals surface area contributed by atoms with Crippen molar-refractivity contribution in [1.82, 2.24) is 34.8 Å². The first-order valence-corrected chi connectivity index (χ1v) is 22.3. The number of fused-ring (bicyclic) bond motifs is 1. The van der Waals surface area contributed by atoms with Gasteiger partial charge >= 0.3 is 24.2 Å². The summed E-state index contributed by atoms with van der Waals surface area (Å²) in [4.78, 5) is 89.0. The van der Waals surface area contributed by atoms with Crippen molar-refractivity contribution in [3.05, 3.63) is 89.4 Å². The van der Waals surface area contributed by atoms with Crippen LogP contribution in [0.1, 0.15) is 58.6 Å². The molecule has 2 unspecified atom stereocenters. The van der Waals surface area contributed by atoms with Crippen LogP contribution in [0.4, 0.5) is 23.9 Å². The number of alkyl halides is 1. The topological polar surface area (TPSA) is 271 Å². The molecule has 0 aliphatic carbocycles. The molecule has 4 N–H and O–H groups in total. The van der Waals surface area contributed by atoms with Crippen molar-refractivity contribution in [2.24, 2.45) is 5.16 Å². The minimum Gasteiger partial charge on any atom is -0.497 e. The summed E-state index contributed by atoms with van der Waals surface area (Å²) in [6.07, 6.45) is 5.07. The number of methoxy groups -OCH3 is 1. The zero-order valence-electron chi connectivity index (χ0n) is 37.8. The van der Waals surface area contributed by atoms with Gasteiger partial charge in [0.15, 0.2) is 25.1 Å². The van der Waals surface area contributed by atoms with Gasteiger partial charge in [0.25, 0.3) is 18.7 Å². The van der Waals surface area contributed by atoms with E-state index in [-0.39, 0.29) is 42.1 Å². The Morgan fingerprint density at radius 2 is 1.72 bits per heavy atom. The van der Waals surface area contributed by atoms with Crippen LogP contribution in [0.15, 0.2) is 77.5 Å². The highest BCUT2D eigenvalue weighted by Gasteiger charge is 2.55. The van der Waals surface area contributed by atoms with Crippen molar-refractivity contribution in [2.75, 3.05) is 25.0 Å². The van der Waals surface area contributed by atoms with E-state index < -0.39 is 71.2 Å². The number of halogens is 1. The number of amides is 5. The first kappa shape index (κ1) is 49.8. The number of nitrogens with zero attached hydrogens (tertiary/aromatic N) is 7. The molecule has 2 aliphatic heterocycles. The lowest BCUT2D eigenvalue weighted by Gasteiger charge is -2.49. The molecular weight excluding hydrogens is 930 g/mol. The number of carbonyl (C=O) groups is 6. The summed E-state index contributed by atoms with van der Waals surface area (Å²) in [5.74, 6) is -1.96. The summed E-state index contributed by atoms with van der Waals surface area (Å²) in [6, 6.07) is 10.2. The Morgan fingerprint density at radius 1 is 1.01 bits per heavy atom. The lowest BCUT2D eigenvalue weighted by Crippen LogP contribution is -2.71. The van der Waals surface area contributed by atoms with Crippen molar-refractivity contribution in [3.63, 3.8) is 0 Å². The summed E-state index contributed by atoms with van der Waals surface area (Å²) < 4.78 is 42.0. The molecule has 0 bridgehead atoms. The molecule has 2 atom stereocenters. The number of nitrogens with one attached hydrogen (secondary N) is 4. The van der Waals surface area contributed by atoms with Crippen LogP contribution in [0, 0.1) is 11.5 Å². The van der Waals surface area contributed by atoms with E-state index in [1.54, 1.807) is 113 Å². The molecule has 1 saturated heterocycles. The molecule has 0 spiro atoms. The van der Waals surface area contributed by atoms with Gasteiger partial charge in [0.1, 0.15) is 40.7 Å². The fourth-order valence-electron chi connectivity index (χ4n) is 6.50. The van der Waals surface area contributed by atoms with Crippen molar-refractivity contribution < 1.29 is 61.5 Å². The zero-order valence-corrected chi connectivity index (χ0v) is 39.4. The van der Waals surface area contributed by atoms with Crippen LogP contribution in [-0.4, -0.2) is 103 Å². The molecule has 68 heavy (non-hydrogen) atoms. The van der Waals surface area contributed by atoms with Crippen LogP contribution < -0.4 is 30.6 Å². The molecule has 1 aromatic carbocycles. The molecule has 358 valence electrons. The predicted octanol–water partition coefficient (Wildman–Crippen LogP) is 4.46. The number of rotatable bonds is 15. The van der Waals surface area contributed by atoms with Gasteiger partial charge in [-0.1, -0.05) is 17.3 Å². The molecule has 25 heteroatoms. The highest BCUT2D eigenvalue weighted by molar-refractivity contribution is 8.00. The summed E-state index contributed by atoms with van der Waals surface area (Å²) >= 11 is 1.96. The van der Waals surface area contributed by atoms with Gasteiger partial charge in [0.05, 0.1) is 13.7 Å². The Balaban J connectivity index is 1.23. The third-order valence-corrected chi connectivity index (χ3v) is 11.4. The number of pyridine rings is 1. The van der Waals surface area contributed by atoms with Gasteiger partial charge in [-0.05, 0) is 70.9 Å². The van der Waals surface area contributed by atoms with Crippen molar-refractivity contribution in [2.45, 2.75) is 83.9 Å². The largest absolute Gasteiger partial charge is 0.497 e. The Bertz CT molecular complexity index is 2670. The SMILES string of the molecule is COc1ccc(COC(=O)C2=C(C[n+]3ccc(-c4cc(CNC(=O)NC#N)n(C(=O)OC(C)(C)C)c4)cc3)CSC3C(NC(=O)C(=NOCF)c4nsc(NC(=O)OC(C)(C)C)n4)C(=O)N23)cc1. The van der Waals surface area contributed by atoms with Crippen LogP contribution in [0.5, 0.6) is 5.75 Å². The van der Waals surface area contributed by atoms with Crippen molar-refractivity contribution >= 4 is 70.1 Å². The number of ether oxygens (including phenoxy) is 4. The second-order valence-corrected chi connectivity index (χ2v) is 18.6. The number of urea groups is 1. The third kappa shape index (κ3) is 12.6. The molecule has 1 fully saturated rings. The van der Waals surface area contributed by atoms with E-state index in [1.807, 2.05) is 5.32 Å². The fraction of sp³-hybridized carbons (Fsp3) is 0.372. The molecule has 5 heterocycles. The molecule has 6 rings (SSSR count). The Morgan fingerprint density at radius 3 is 2.37 bits per heavy atom. The number of anilines is 1. The molecular formula is C43H47FN11O11S2+. The Labute approximate surface area is 396 Å². The van der Waals surface area contributed by atoms with Crippen LogP contribution in [0.3, 0.4) is 0 Å². The number of carbonyl (C=O) groups excluding carboxylic acids is 6. The number of oxime groups is 1. The monoisotopic (exact) mass is 976 g/mol. The summed E-state index contributed by atoms with van der Waals surface area (Å²) in [5.41, 5.74) is 0.599. The summed E-state index contributed by atoms with van der Waals surface area (Å²) in [6.45, 7) is 8.64. The molecule has 5 amide bonds. The molecule has 0 saturated carbocycles. The van der Waals surface area contributed by atoms with Gasteiger partial charge in [0.2, 0.25) is 16.7 Å². The number of β-lactam (4-membered cyclic amide) rings is 1. The minimum atomic E-state index is -1.40. The van der Waals surface area contributed by atoms with Gasteiger partial charge in [-0.2, -0.15) is 14.6 Å². The van der Waals surface area contributed by atoms with Gasteiger partial charge in [0, 0.05) is 52.4 Å². The molecule has 22 nitrogen and oxygen atoms in total. The highest BCUT2D eigenvalue weighted by atomic mass is 32.2. The van der Waals surface area contributed by atoms with Gasteiger partial charge in [-0.25, -0.2) is 33.5 Å². The van der Waals surface area contributed by atoms with E-state index >= 15 is 0 Å². The normalized spacial score (nSPS) is 15.8. The Hall–Kier alpha value is -7.59. The average molecular weight is 977 g/mol. The summed E-state index contributed by atoms with van der Waals surface area (Å²) in [7, 11) is 1.52. The number of nitriles is 1. The first-order valence-electron chi connectivity index (χ1n) is 20.5. The number of thioether (sulfide) groups is 1.